The highest BCUT2D eigenvalue weighted by molar-refractivity contribution is 7.46. The molecule has 0 fully saturated rings. The second-order valence-corrected chi connectivity index (χ2v) is 3.73. The Balaban J connectivity index is 4.35. The molecule has 0 heterocycles. The van der Waals surface area contributed by atoms with Gasteiger partial charge in [-0.2, -0.15) is 0 Å². The van der Waals surface area contributed by atoms with Gasteiger partial charge in [0.2, 0.25) is 5.91 Å². The third-order valence-corrected chi connectivity index (χ3v) is 1.56. The number of hydrogen-bond acceptors (Lipinski definition) is 3. The summed E-state index contributed by atoms with van der Waals surface area (Å²) in [5, 5.41) is 0. The van der Waals surface area contributed by atoms with Crippen molar-refractivity contribution in [3.8, 4) is 0 Å². The zero-order chi connectivity index (χ0) is 10.6. The molecule has 0 atom stereocenters. The molecule has 6 nitrogen and oxygen atoms in total. The number of phosphoric ester groups is 1. The van der Waals surface area contributed by atoms with Gasteiger partial charge in [0.15, 0.2) is 0 Å². The first kappa shape index (κ1) is 12.2. The third kappa shape index (κ3) is 6.33. The zero-order valence-electron chi connectivity index (χ0n) is 7.59. The van der Waals surface area contributed by atoms with Crippen LogP contribution in [-0.4, -0.2) is 34.7 Å². The van der Waals surface area contributed by atoms with Crippen LogP contribution in [0.5, 0.6) is 0 Å². The number of likely N-dealkylation sites (N-methyl/N-ethyl adjacent to an activating group) is 1. The van der Waals surface area contributed by atoms with Crippen LogP contribution in [0.15, 0.2) is 11.8 Å². The van der Waals surface area contributed by atoms with Crippen LogP contribution in [-0.2, 0) is 13.9 Å². The van der Waals surface area contributed by atoms with Crippen LogP contribution in [0.2, 0.25) is 0 Å². The zero-order valence-corrected chi connectivity index (χ0v) is 8.49. The molecule has 0 radical (unpaired) electrons. The van der Waals surface area contributed by atoms with Gasteiger partial charge in [-0.3, -0.25) is 14.6 Å². The Bertz CT molecular complexity index is 266. The lowest BCUT2D eigenvalue weighted by atomic mass is 10.4. The van der Waals surface area contributed by atoms with Crippen LogP contribution in [0, 0.1) is 0 Å². The van der Waals surface area contributed by atoms with E-state index >= 15 is 0 Å². The minimum atomic E-state index is -4.55. The summed E-state index contributed by atoms with van der Waals surface area (Å²) >= 11 is 0. The maximum absolute atomic E-state index is 11.0. The van der Waals surface area contributed by atoms with Crippen LogP contribution < -0.4 is 0 Å². The Morgan fingerprint density at radius 3 is 2.23 bits per heavy atom. The van der Waals surface area contributed by atoms with Gasteiger partial charge in [0.1, 0.15) is 5.76 Å². The highest BCUT2D eigenvalue weighted by Gasteiger charge is 2.15. The fourth-order valence-corrected chi connectivity index (χ4v) is 0.945. The molecular weight excluding hydrogens is 197 g/mol. The quantitative estimate of drug-likeness (QED) is 0.390. The van der Waals surface area contributed by atoms with Crippen LogP contribution in [0.3, 0.4) is 0 Å². The molecule has 0 saturated carbocycles. The maximum Gasteiger partial charge on any atom is 0.524 e. The van der Waals surface area contributed by atoms with E-state index in [9.17, 15) is 9.36 Å². The number of rotatable bonds is 3. The molecule has 2 N–H and O–H groups in total. The van der Waals surface area contributed by atoms with Crippen LogP contribution in [0.4, 0.5) is 0 Å². The first-order chi connectivity index (χ1) is 5.72. The van der Waals surface area contributed by atoms with E-state index in [1.165, 1.54) is 25.9 Å². The number of amides is 1. The van der Waals surface area contributed by atoms with Crippen LogP contribution >= 0.6 is 7.82 Å². The standard InChI is InChI=1S/C6H12NO5P/c1-5(12-13(9,10)11)4-6(8)7(2)3/h4H,1-3H3,(H2,9,10,11)/b5-4-. The van der Waals surface area contributed by atoms with Crippen molar-refractivity contribution in [2.75, 3.05) is 14.1 Å². The summed E-state index contributed by atoms with van der Waals surface area (Å²) in [7, 11) is -1.51. The Kier molecular flexibility index (Phi) is 4.13. The molecule has 13 heavy (non-hydrogen) atoms. The number of hydrogen-bond donors (Lipinski definition) is 2. The van der Waals surface area contributed by atoms with Gasteiger partial charge < -0.3 is 9.42 Å². The molecule has 0 bridgehead atoms. The van der Waals surface area contributed by atoms with Crippen molar-refractivity contribution in [3.05, 3.63) is 11.8 Å². The van der Waals surface area contributed by atoms with E-state index in [1.54, 1.807) is 0 Å². The van der Waals surface area contributed by atoms with Crippen LogP contribution in [0.25, 0.3) is 0 Å². The molecule has 1 amide bonds. The third-order valence-electron chi connectivity index (χ3n) is 1.03. The van der Waals surface area contributed by atoms with Gasteiger partial charge in [0.25, 0.3) is 0 Å². The predicted octanol–water partition coefficient (Wildman–Crippen LogP) is 0.0877. The van der Waals surface area contributed by atoms with E-state index in [0.717, 1.165) is 6.08 Å². The number of nitrogens with zero attached hydrogens (tertiary/aromatic N) is 1. The molecule has 0 aromatic rings. The van der Waals surface area contributed by atoms with Gasteiger partial charge in [0, 0.05) is 20.2 Å². The smallest absolute Gasteiger partial charge is 0.409 e. The summed E-state index contributed by atoms with van der Waals surface area (Å²) in [5.74, 6) is -0.516. The summed E-state index contributed by atoms with van der Waals surface area (Å²) in [5.41, 5.74) is 0. The summed E-state index contributed by atoms with van der Waals surface area (Å²) < 4.78 is 14.4. The Morgan fingerprint density at radius 1 is 1.46 bits per heavy atom. The molecule has 0 aliphatic heterocycles. The molecule has 0 aliphatic carbocycles. The van der Waals surface area contributed by atoms with E-state index in [4.69, 9.17) is 9.79 Å². The number of carbonyl (C=O) groups is 1. The van der Waals surface area contributed by atoms with Gasteiger partial charge in [0.05, 0.1) is 0 Å². The minimum Gasteiger partial charge on any atom is -0.409 e. The Labute approximate surface area is 76.0 Å². The van der Waals surface area contributed by atoms with Crippen LogP contribution in [0.1, 0.15) is 6.92 Å². The molecule has 7 heteroatoms. The first-order valence-electron chi connectivity index (χ1n) is 3.37. The van der Waals surface area contributed by atoms with Crippen molar-refractivity contribution in [1.82, 2.24) is 4.90 Å². The molecule has 0 aromatic heterocycles. The minimum absolute atomic E-state index is 0.118. The van der Waals surface area contributed by atoms with Gasteiger partial charge in [-0.25, -0.2) is 4.57 Å². The fourth-order valence-electron chi connectivity index (χ4n) is 0.517. The fraction of sp³-hybridized carbons (Fsp3) is 0.500. The SMILES string of the molecule is C/C(=C/C(=O)N(C)C)OP(=O)(O)O. The van der Waals surface area contributed by atoms with Crippen molar-refractivity contribution in [2.24, 2.45) is 0 Å². The molecular formula is C6H12NO5P. The molecule has 0 aromatic carbocycles. The molecule has 0 rings (SSSR count). The number of carbonyl (C=O) groups excluding carboxylic acids is 1. The van der Waals surface area contributed by atoms with E-state index < -0.39 is 13.7 Å². The van der Waals surface area contributed by atoms with E-state index in [1.807, 2.05) is 0 Å². The lowest BCUT2D eigenvalue weighted by Gasteiger charge is -2.09. The molecule has 76 valence electrons. The lowest BCUT2D eigenvalue weighted by Crippen LogP contribution is -2.19. The van der Waals surface area contributed by atoms with Crippen molar-refractivity contribution in [2.45, 2.75) is 6.92 Å². The first-order valence-corrected chi connectivity index (χ1v) is 4.90. The lowest BCUT2D eigenvalue weighted by molar-refractivity contribution is -0.123. The van der Waals surface area contributed by atoms with Gasteiger partial charge >= 0.3 is 7.82 Å². The van der Waals surface area contributed by atoms with E-state index in [-0.39, 0.29) is 5.76 Å². The summed E-state index contributed by atoms with van der Waals surface area (Å²) in [6.07, 6.45) is 0.999. The topological polar surface area (TPSA) is 87.1 Å². The van der Waals surface area contributed by atoms with Gasteiger partial charge in [-0.15, -0.1) is 0 Å². The second kappa shape index (κ2) is 4.41. The molecule has 0 saturated heterocycles. The summed E-state index contributed by atoms with van der Waals surface area (Å²) in [6.45, 7) is 1.29. The predicted molar refractivity (Wildman–Crippen MR) is 45.6 cm³/mol. The van der Waals surface area contributed by atoms with Gasteiger partial charge in [-0.05, 0) is 6.92 Å². The highest BCUT2D eigenvalue weighted by Crippen LogP contribution is 2.38. The van der Waals surface area contributed by atoms with Crippen molar-refractivity contribution in [1.29, 1.82) is 0 Å². The molecule has 0 aliphatic rings. The summed E-state index contributed by atoms with van der Waals surface area (Å²) in [6, 6.07) is 0. The second-order valence-electron chi connectivity index (χ2n) is 2.57. The number of allylic oxidation sites excluding steroid dienone is 1. The Hall–Kier alpha value is -0.840. The normalized spacial score (nSPS) is 12.5. The monoisotopic (exact) mass is 209 g/mol. The molecule has 0 unspecified atom stereocenters. The average Bonchev–Trinajstić information content (AvgIpc) is 1.81. The van der Waals surface area contributed by atoms with E-state index in [2.05, 4.69) is 4.52 Å². The van der Waals surface area contributed by atoms with Crippen molar-refractivity contribution < 1.29 is 23.7 Å². The van der Waals surface area contributed by atoms with Gasteiger partial charge in [-0.1, -0.05) is 0 Å². The largest absolute Gasteiger partial charge is 0.524 e. The van der Waals surface area contributed by atoms with Crippen molar-refractivity contribution >= 4 is 13.7 Å². The number of phosphoric acid groups is 1. The highest BCUT2D eigenvalue weighted by atomic mass is 31.2. The summed E-state index contributed by atoms with van der Waals surface area (Å²) in [4.78, 5) is 28.9. The van der Waals surface area contributed by atoms with E-state index in [0.29, 0.717) is 0 Å². The maximum atomic E-state index is 11.0. The molecule has 0 spiro atoms. The average molecular weight is 209 g/mol. The van der Waals surface area contributed by atoms with Crippen molar-refractivity contribution in [3.63, 3.8) is 0 Å². The Morgan fingerprint density at radius 2 is 1.92 bits per heavy atom.